The van der Waals surface area contributed by atoms with E-state index in [1.165, 1.54) is 20.0 Å². The Kier molecular flexibility index (Phi) is 6.84. The molecule has 0 radical (unpaired) electrons. The van der Waals surface area contributed by atoms with Crippen LogP contribution in [0.5, 0.6) is 0 Å². The van der Waals surface area contributed by atoms with Crippen LogP contribution in [0.2, 0.25) is 0 Å². The Hall–Kier alpha value is -1.10. The molecule has 0 bridgehead atoms. The van der Waals surface area contributed by atoms with E-state index in [1.807, 2.05) is 11.8 Å². The Morgan fingerprint density at radius 3 is 2.58 bits per heavy atom. The highest BCUT2D eigenvalue weighted by Crippen LogP contribution is 2.25. The fourth-order valence-corrected chi connectivity index (χ4v) is 2.18. The monoisotopic (exact) mass is 271 g/mol. The van der Waals surface area contributed by atoms with Gasteiger partial charge in [-0.15, -0.1) is 0 Å². The molecule has 0 aromatic heterocycles. The first-order chi connectivity index (χ1) is 9.15. The van der Waals surface area contributed by atoms with Crippen molar-refractivity contribution in [1.82, 2.24) is 4.90 Å². The Morgan fingerprint density at radius 2 is 2.00 bits per heavy atom. The molecule has 0 aliphatic carbocycles. The van der Waals surface area contributed by atoms with Crippen molar-refractivity contribution >= 4 is 11.9 Å². The van der Waals surface area contributed by atoms with Gasteiger partial charge >= 0.3 is 11.9 Å². The molecule has 5 nitrogen and oxygen atoms in total. The number of esters is 2. The molecule has 3 atom stereocenters. The van der Waals surface area contributed by atoms with Crippen molar-refractivity contribution in [3.05, 3.63) is 0 Å². The highest BCUT2D eigenvalue weighted by atomic mass is 16.5. The number of hydrogen-bond donors (Lipinski definition) is 0. The van der Waals surface area contributed by atoms with Crippen LogP contribution in [0, 0.1) is 0 Å². The Labute approximate surface area is 115 Å². The zero-order valence-corrected chi connectivity index (χ0v) is 12.2. The van der Waals surface area contributed by atoms with E-state index in [9.17, 15) is 9.59 Å². The van der Waals surface area contributed by atoms with Crippen LogP contribution in [0.15, 0.2) is 0 Å². The van der Waals surface area contributed by atoms with Gasteiger partial charge in [-0.2, -0.15) is 0 Å². The summed E-state index contributed by atoms with van der Waals surface area (Å²) in [5.41, 5.74) is 0. The van der Waals surface area contributed by atoms with E-state index in [1.54, 1.807) is 0 Å². The molecular weight excluding hydrogens is 246 g/mol. The molecule has 1 heterocycles. The van der Waals surface area contributed by atoms with Crippen LogP contribution in [-0.2, 0) is 19.1 Å². The van der Waals surface area contributed by atoms with Gasteiger partial charge in [0, 0.05) is 6.54 Å². The molecule has 1 rings (SSSR count). The molecule has 0 N–H and O–H groups in total. The average Bonchev–Trinajstić information content (AvgIpc) is 3.19. The van der Waals surface area contributed by atoms with Crippen LogP contribution < -0.4 is 0 Å². The minimum Gasteiger partial charge on any atom is -0.468 e. The zero-order valence-electron chi connectivity index (χ0n) is 12.2. The van der Waals surface area contributed by atoms with Crippen molar-refractivity contribution < 1.29 is 19.1 Å². The lowest BCUT2D eigenvalue weighted by Gasteiger charge is -2.14. The topological polar surface area (TPSA) is 55.6 Å². The van der Waals surface area contributed by atoms with Gasteiger partial charge in [0.15, 0.2) is 0 Å². The first-order valence-corrected chi connectivity index (χ1v) is 7.15. The average molecular weight is 271 g/mol. The van der Waals surface area contributed by atoms with E-state index in [-0.39, 0.29) is 24.0 Å². The third kappa shape index (κ3) is 4.82. The van der Waals surface area contributed by atoms with Crippen LogP contribution in [-0.4, -0.2) is 49.2 Å². The number of nitrogens with zero attached hydrogens (tertiary/aromatic N) is 1. The van der Waals surface area contributed by atoms with Crippen LogP contribution in [0.25, 0.3) is 0 Å². The summed E-state index contributed by atoms with van der Waals surface area (Å²) >= 11 is 0. The predicted molar refractivity (Wildman–Crippen MR) is 71.7 cm³/mol. The number of carbonyl (C=O) groups excluding carboxylic acids is 2. The maximum atomic E-state index is 11.8. The number of hydrogen-bond acceptors (Lipinski definition) is 5. The fraction of sp³-hybridized carbons (Fsp3) is 0.857. The third-order valence-corrected chi connectivity index (χ3v) is 3.43. The van der Waals surface area contributed by atoms with Crippen LogP contribution in [0.1, 0.15) is 46.0 Å². The second kappa shape index (κ2) is 8.15. The molecule has 1 aliphatic rings. The molecule has 1 unspecified atom stereocenters. The van der Waals surface area contributed by atoms with E-state index < -0.39 is 0 Å². The molecule has 1 fully saturated rings. The number of unbranched alkanes of at least 4 members (excludes halogenated alkanes) is 3. The van der Waals surface area contributed by atoms with Gasteiger partial charge < -0.3 is 9.47 Å². The van der Waals surface area contributed by atoms with E-state index in [2.05, 4.69) is 6.92 Å². The Bertz CT molecular complexity index is 306. The minimum absolute atomic E-state index is 0.209. The van der Waals surface area contributed by atoms with Gasteiger partial charge in [0.25, 0.3) is 0 Å². The van der Waals surface area contributed by atoms with E-state index in [0.717, 1.165) is 12.8 Å². The Morgan fingerprint density at radius 1 is 1.26 bits per heavy atom. The maximum absolute atomic E-state index is 11.8. The minimum atomic E-state index is -0.317. The van der Waals surface area contributed by atoms with Crippen molar-refractivity contribution in [3.8, 4) is 0 Å². The molecule has 19 heavy (non-hydrogen) atoms. The first kappa shape index (κ1) is 16.0. The van der Waals surface area contributed by atoms with Crippen molar-refractivity contribution in [3.63, 3.8) is 0 Å². The number of carbonyl (C=O) groups is 2. The second-order valence-corrected chi connectivity index (χ2v) is 4.89. The van der Waals surface area contributed by atoms with Gasteiger partial charge in [-0.3, -0.25) is 14.5 Å². The quantitative estimate of drug-likeness (QED) is 0.363. The van der Waals surface area contributed by atoms with Crippen molar-refractivity contribution in [2.24, 2.45) is 0 Å². The molecule has 0 spiro atoms. The molecule has 1 saturated heterocycles. The lowest BCUT2D eigenvalue weighted by molar-refractivity contribution is -0.147. The molecular formula is C14H25NO4. The third-order valence-electron chi connectivity index (χ3n) is 3.43. The normalized spacial score (nSPS) is 22.7. The van der Waals surface area contributed by atoms with Crippen molar-refractivity contribution in [1.29, 1.82) is 0 Å². The molecule has 0 amide bonds. The van der Waals surface area contributed by atoms with Gasteiger partial charge in [-0.1, -0.05) is 33.1 Å². The summed E-state index contributed by atoms with van der Waals surface area (Å²) in [5, 5.41) is 0. The van der Waals surface area contributed by atoms with Gasteiger partial charge in [-0.05, 0) is 12.8 Å². The molecule has 1 aliphatic heterocycles. The van der Waals surface area contributed by atoms with Crippen molar-refractivity contribution in [2.45, 2.75) is 58.0 Å². The SMILES string of the molecule is CCCCCCOC(=O)[C@@H]1CN1[C@H](CC)C(=O)OC. The highest BCUT2D eigenvalue weighted by Gasteiger charge is 2.48. The molecule has 0 saturated carbocycles. The van der Waals surface area contributed by atoms with E-state index >= 15 is 0 Å². The summed E-state index contributed by atoms with van der Waals surface area (Å²) in [6, 6.07) is -0.571. The summed E-state index contributed by atoms with van der Waals surface area (Å²) in [6.07, 6.45) is 5.00. The van der Waals surface area contributed by atoms with Crippen molar-refractivity contribution in [2.75, 3.05) is 20.3 Å². The number of rotatable bonds is 9. The summed E-state index contributed by atoms with van der Waals surface area (Å²) in [7, 11) is 1.37. The second-order valence-electron chi connectivity index (χ2n) is 4.89. The first-order valence-electron chi connectivity index (χ1n) is 7.15. The highest BCUT2D eigenvalue weighted by molar-refractivity contribution is 5.82. The van der Waals surface area contributed by atoms with E-state index in [4.69, 9.17) is 9.47 Å². The molecule has 0 aromatic carbocycles. The predicted octanol–water partition coefficient (Wildman–Crippen LogP) is 1.75. The number of methoxy groups -OCH3 is 1. The lowest BCUT2D eigenvalue weighted by atomic mass is 10.2. The molecule has 110 valence electrons. The zero-order chi connectivity index (χ0) is 14.3. The summed E-state index contributed by atoms with van der Waals surface area (Å²) in [6.45, 7) is 5.14. The molecule has 0 aromatic rings. The summed E-state index contributed by atoms with van der Waals surface area (Å²) in [5.74, 6) is -0.486. The summed E-state index contributed by atoms with van der Waals surface area (Å²) in [4.78, 5) is 25.1. The standard InChI is InChI=1S/C14H25NO4/c1-4-6-7-8-9-19-14(17)12-10-15(12)11(5-2)13(16)18-3/h11-12H,4-10H2,1-3H3/t11-,12+,15?/m1/s1. The van der Waals surface area contributed by atoms with Crippen LogP contribution in [0.4, 0.5) is 0 Å². The van der Waals surface area contributed by atoms with Crippen LogP contribution >= 0.6 is 0 Å². The smallest absolute Gasteiger partial charge is 0.324 e. The van der Waals surface area contributed by atoms with Gasteiger partial charge in [0.2, 0.25) is 0 Å². The van der Waals surface area contributed by atoms with Gasteiger partial charge in [-0.25, -0.2) is 0 Å². The lowest BCUT2D eigenvalue weighted by Crippen LogP contribution is -2.32. The summed E-state index contributed by atoms with van der Waals surface area (Å²) < 4.78 is 9.94. The fourth-order valence-electron chi connectivity index (χ4n) is 2.18. The maximum Gasteiger partial charge on any atom is 0.324 e. The van der Waals surface area contributed by atoms with Crippen LogP contribution in [0.3, 0.4) is 0 Å². The van der Waals surface area contributed by atoms with E-state index in [0.29, 0.717) is 19.6 Å². The molecule has 5 heteroatoms. The largest absolute Gasteiger partial charge is 0.468 e. The van der Waals surface area contributed by atoms with Gasteiger partial charge in [0.1, 0.15) is 12.1 Å². The van der Waals surface area contributed by atoms with Gasteiger partial charge in [0.05, 0.1) is 13.7 Å². The number of ether oxygens (including phenoxy) is 2. The Balaban J connectivity index is 2.23.